The van der Waals surface area contributed by atoms with E-state index in [0.29, 0.717) is 6.42 Å². The van der Waals surface area contributed by atoms with E-state index >= 15 is 0 Å². The molecule has 1 N–H and O–H groups in total. The molecule has 0 heterocycles. The van der Waals surface area contributed by atoms with E-state index in [4.69, 9.17) is 4.74 Å². The third-order valence-corrected chi connectivity index (χ3v) is 3.48. The smallest absolute Gasteiger partial charge is 0.307 e. The number of carbonyl (C=O) groups is 2. The van der Waals surface area contributed by atoms with Crippen molar-refractivity contribution in [1.29, 1.82) is 0 Å². The van der Waals surface area contributed by atoms with Gasteiger partial charge in [-0.1, -0.05) is 42.5 Å². The maximum Gasteiger partial charge on any atom is 0.307 e. The highest BCUT2D eigenvalue weighted by molar-refractivity contribution is 5.83. The van der Waals surface area contributed by atoms with Gasteiger partial charge in [0.25, 0.3) is 0 Å². The van der Waals surface area contributed by atoms with Gasteiger partial charge < -0.3 is 9.84 Å². The number of carboxylic acid groups (broad SMARTS) is 1. The average molecular weight is 314 g/mol. The fourth-order valence-corrected chi connectivity index (χ4v) is 2.48. The molecule has 0 fully saturated rings. The van der Waals surface area contributed by atoms with Crippen LogP contribution in [0.3, 0.4) is 0 Å². The molecule has 0 aliphatic rings. The van der Waals surface area contributed by atoms with E-state index < -0.39 is 23.5 Å². The molecule has 2 aromatic rings. The molecule has 0 radical (unpaired) electrons. The fourth-order valence-electron chi connectivity index (χ4n) is 2.48. The first-order chi connectivity index (χ1) is 10.7. The summed E-state index contributed by atoms with van der Waals surface area (Å²) in [4.78, 5) is 23.4. The zero-order valence-electron chi connectivity index (χ0n) is 13.7. The second kappa shape index (κ2) is 6.82. The molecule has 0 bridgehead atoms. The van der Waals surface area contributed by atoms with Crippen molar-refractivity contribution < 1.29 is 19.4 Å². The Morgan fingerprint density at radius 2 is 1.74 bits per heavy atom. The van der Waals surface area contributed by atoms with Crippen molar-refractivity contribution >= 4 is 22.7 Å². The zero-order chi connectivity index (χ0) is 17.0. The summed E-state index contributed by atoms with van der Waals surface area (Å²) < 4.78 is 5.22. The normalized spacial score (nSPS) is 12.8. The first kappa shape index (κ1) is 17.0. The Labute approximate surface area is 136 Å². The number of carbonyl (C=O) groups excluding carboxylic acids is 1. The highest BCUT2D eigenvalue weighted by atomic mass is 16.6. The van der Waals surface area contributed by atoms with E-state index in [9.17, 15) is 14.7 Å². The van der Waals surface area contributed by atoms with Gasteiger partial charge in [0, 0.05) is 0 Å². The summed E-state index contributed by atoms with van der Waals surface area (Å²) in [5, 5.41) is 11.6. The minimum absolute atomic E-state index is 0.126. The molecule has 4 heteroatoms. The molecular weight excluding hydrogens is 292 g/mol. The van der Waals surface area contributed by atoms with Crippen molar-refractivity contribution in [2.45, 2.75) is 39.2 Å². The van der Waals surface area contributed by atoms with Crippen LogP contribution in [0.2, 0.25) is 0 Å². The molecule has 0 aromatic heterocycles. The van der Waals surface area contributed by atoms with E-state index in [1.165, 1.54) is 0 Å². The van der Waals surface area contributed by atoms with Crippen LogP contribution >= 0.6 is 0 Å². The van der Waals surface area contributed by atoms with E-state index in [1.54, 1.807) is 20.8 Å². The first-order valence-electron chi connectivity index (χ1n) is 7.67. The van der Waals surface area contributed by atoms with Gasteiger partial charge in [-0.25, -0.2) is 0 Å². The van der Waals surface area contributed by atoms with Gasteiger partial charge in [0.05, 0.1) is 12.3 Å². The Bertz CT molecular complexity index is 713. The predicted octanol–water partition coefficient (Wildman–Crippen LogP) is 3.81. The van der Waals surface area contributed by atoms with Gasteiger partial charge in [0.1, 0.15) is 5.60 Å². The van der Waals surface area contributed by atoms with Crippen LogP contribution in [0.1, 0.15) is 32.8 Å². The largest absolute Gasteiger partial charge is 0.481 e. The molecule has 0 aliphatic heterocycles. The van der Waals surface area contributed by atoms with E-state index in [1.807, 2.05) is 42.5 Å². The summed E-state index contributed by atoms with van der Waals surface area (Å²) in [7, 11) is 0. The summed E-state index contributed by atoms with van der Waals surface area (Å²) in [6.45, 7) is 5.30. The van der Waals surface area contributed by atoms with E-state index in [2.05, 4.69) is 0 Å². The number of carboxylic acids is 1. The molecule has 2 rings (SSSR count). The molecule has 2 aromatic carbocycles. The average Bonchev–Trinajstić information content (AvgIpc) is 2.44. The molecule has 0 amide bonds. The Morgan fingerprint density at radius 1 is 1.09 bits per heavy atom. The van der Waals surface area contributed by atoms with Crippen LogP contribution in [0.5, 0.6) is 0 Å². The summed E-state index contributed by atoms with van der Waals surface area (Å²) in [6, 6.07) is 13.8. The molecule has 0 spiro atoms. The molecule has 23 heavy (non-hydrogen) atoms. The van der Waals surface area contributed by atoms with Crippen molar-refractivity contribution in [3.05, 3.63) is 48.0 Å². The predicted molar refractivity (Wildman–Crippen MR) is 89.2 cm³/mol. The zero-order valence-corrected chi connectivity index (χ0v) is 13.7. The lowest BCUT2D eigenvalue weighted by Crippen LogP contribution is -2.28. The number of esters is 1. The molecular formula is C19H22O4. The lowest BCUT2D eigenvalue weighted by molar-refractivity contribution is -0.159. The molecule has 122 valence electrons. The second-order valence-corrected chi connectivity index (χ2v) is 6.71. The number of hydrogen-bond acceptors (Lipinski definition) is 3. The van der Waals surface area contributed by atoms with Crippen LogP contribution in [0.25, 0.3) is 10.8 Å². The highest BCUT2D eigenvalue weighted by Gasteiger charge is 2.25. The van der Waals surface area contributed by atoms with Crippen LogP contribution in [-0.4, -0.2) is 22.6 Å². The van der Waals surface area contributed by atoms with Gasteiger partial charge in [-0.05, 0) is 43.5 Å². The lowest BCUT2D eigenvalue weighted by atomic mass is 9.94. The Hall–Kier alpha value is -2.36. The Balaban J connectivity index is 2.11. The number of benzene rings is 2. The molecule has 0 unspecified atom stereocenters. The van der Waals surface area contributed by atoms with Gasteiger partial charge in [-0.15, -0.1) is 0 Å². The van der Waals surface area contributed by atoms with Crippen LogP contribution in [0.4, 0.5) is 0 Å². The number of hydrogen-bond donors (Lipinski definition) is 1. The quantitative estimate of drug-likeness (QED) is 0.852. The standard InChI is InChI=1S/C19H22O4/c1-19(2,3)23-17(20)12-16(18(21)22)11-13-8-9-14-6-4-5-7-15(14)10-13/h4-10,16H,11-12H2,1-3H3,(H,21,22)/t16-/m1/s1. The van der Waals surface area contributed by atoms with Gasteiger partial charge >= 0.3 is 11.9 Å². The van der Waals surface area contributed by atoms with Crippen molar-refractivity contribution in [3.63, 3.8) is 0 Å². The highest BCUT2D eigenvalue weighted by Crippen LogP contribution is 2.20. The van der Waals surface area contributed by atoms with Crippen LogP contribution < -0.4 is 0 Å². The van der Waals surface area contributed by atoms with Gasteiger partial charge in [-0.3, -0.25) is 9.59 Å². The molecule has 0 saturated carbocycles. The fraction of sp³-hybridized carbons (Fsp3) is 0.368. The summed E-state index contributed by atoms with van der Waals surface area (Å²) in [6.07, 6.45) is 0.179. The van der Waals surface area contributed by atoms with Crippen molar-refractivity contribution in [2.24, 2.45) is 5.92 Å². The third kappa shape index (κ3) is 5.09. The van der Waals surface area contributed by atoms with Crippen LogP contribution in [0, 0.1) is 5.92 Å². The molecule has 1 atom stereocenters. The SMILES string of the molecule is CC(C)(C)OC(=O)C[C@@H](Cc1ccc2ccccc2c1)C(=O)O. The van der Waals surface area contributed by atoms with Gasteiger partial charge in [0.2, 0.25) is 0 Å². The van der Waals surface area contributed by atoms with Crippen molar-refractivity contribution in [1.82, 2.24) is 0 Å². The summed E-state index contributed by atoms with van der Waals surface area (Å²) in [5.41, 5.74) is 0.294. The molecule has 4 nitrogen and oxygen atoms in total. The van der Waals surface area contributed by atoms with E-state index in [0.717, 1.165) is 16.3 Å². The number of rotatable bonds is 5. The van der Waals surface area contributed by atoms with E-state index in [-0.39, 0.29) is 6.42 Å². The topological polar surface area (TPSA) is 63.6 Å². The third-order valence-electron chi connectivity index (χ3n) is 3.48. The summed E-state index contributed by atoms with van der Waals surface area (Å²) in [5.74, 6) is -2.25. The number of ether oxygens (including phenoxy) is 1. The number of aliphatic carboxylic acids is 1. The maximum absolute atomic E-state index is 11.9. The summed E-state index contributed by atoms with van der Waals surface area (Å²) >= 11 is 0. The molecule has 0 aliphatic carbocycles. The maximum atomic E-state index is 11.9. The lowest BCUT2D eigenvalue weighted by Gasteiger charge is -2.21. The second-order valence-electron chi connectivity index (χ2n) is 6.71. The molecule has 0 saturated heterocycles. The first-order valence-corrected chi connectivity index (χ1v) is 7.67. The minimum atomic E-state index is -0.982. The van der Waals surface area contributed by atoms with Crippen molar-refractivity contribution in [3.8, 4) is 0 Å². The monoisotopic (exact) mass is 314 g/mol. The van der Waals surface area contributed by atoms with Crippen LogP contribution in [0.15, 0.2) is 42.5 Å². The number of fused-ring (bicyclic) bond motifs is 1. The Kier molecular flexibility index (Phi) is 5.04. The van der Waals surface area contributed by atoms with Crippen molar-refractivity contribution in [2.75, 3.05) is 0 Å². The van der Waals surface area contributed by atoms with Crippen LogP contribution in [-0.2, 0) is 20.7 Å². The Morgan fingerprint density at radius 3 is 2.35 bits per heavy atom. The van der Waals surface area contributed by atoms with Gasteiger partial charge in [0.15, 0.2) is 0 Å². The minimum Gasteiger partial charge on any atom is -0.481 e. The van der Waals surface area contributed by atoms with Gasteiger partial charge in [-0.2, -0.15) is 0 Å².